The molecule has 0 radical (unpaired) electrons. The van der Waals surface area contributed by atoms with Gasteiger partial charge in [0.2, 0.25) is 5.75 Å². The number of rotatable bonds is 39. The second-order valence-corrected chi connectivity index (χ2v) is 15.2. The van der Waals surface area contributed by atoms with Crippen molar-refractivity contribution in [2.45, 2.75) is 240 Å². The molecule has 0 bridgehead atoms. The molecule has 0 spiro atoms. The smallest absolute Gasteiger partial charge is 0.203 e. The van der Waals surface area contributed by atoms with Gasteiger partial charge in [-0.3, -0.25) is 0 Å². The minimum absolute atomic E-state index is 0.740. The van der Waals surface area contributed by atoms with Gasteiger partial charge in [0, 0.05) is 0 Å². The van der Waals surface area contributed by atoms with Crippen molar-refractivity contribution >= 4 is 0 Å². The summed E-state index contributed by atoms with van der Waals surface area (Å²) in [5.74, 6) is 2.59. The zero-order valence-electron chi connectivity index (χ0n) is 33.8. The first-order chi connectivity index (χ1) is 24.2. The van der Waals surface area contributed by atoms with Gasteiger partial charge in [-0.2, -0.15) is 0 Å². The highest BCUT2D eigenvalue weighted by atomic mass is 16.5. The molecule has 0 atom stereocenters. The number of hydrogen-bond acceptors (Lipinski definition) is 3. The summed E-state index contributed by atoms with van der Waals surface area (Å²) in [6.07, 6.45) is 44.5. The molecule has 3 heteroatoms. The molecular formula is C46H86O3. The fraction of sp³-hybridized carbons (Fsp3) is 0.870. The van der Waals surface area contributed by atoms with Gasteiger partial charge in [-0.25, -0.2) is 0 Å². The predicted octanol–water partition coefficient (Wildman–Crippen LogP) is 16.1. The second-order valence-electron chi connectivity index (χ2n) is 15.2. The Balaban J connectivity index is 2.44. The van der Waals surface area contributed by atoms with Crippen LogP contribution in [0.25, 0.3) is 0 Å². The van der Waals surface area contributed by atoms with Crippen LogP contribution in [0.15, 0.2) is 12.1 Å². The summed E-state index contributed by atoms with van der Waals surface area (Å²) in [5, 5.41) is 0. The van der Waals surface area contributed by atoms with Crippen LogP contribution in [0.2, 0.25) is 0 Å². The Morgan fingerprint density at radius 2 is 0.531 bits per heavy atom. The molecule has 49 heavy (non-hydrogen) atoms. The van der Waals surface area contributed by atoms with Crippen LogP contribution in [-0.4, -0.2) is 19.8 Å². The highest BCUT2D eigenvalue weighted by Crippen LogP contribution is 2.39. The van der Waals surface area contributed by atoms with E-state index in [1.165, 1.54) is 198 Å². The predicted molar refractivity (Wildman–Crippen MR) is 217 cm³/mol. The summed E-state index contributed by atoms with van der Waals surface area (Å²) in [5.41, 5.74) is 1.19. The third kappa shape index (κ3) is 29.0. The summed E-state index contributed by atoms with van der Waals surface area (Å²) >= 11 is 0. The van der Waals surface area contributed by atoms with Gasteiger partial charge in [-0.1, -0.05) is 213 Å². The summed E-state index contributed by atoms with van der Waals surface area (Å²) in [4.78, 5) is 0. The second kappa shape index (κ2) is 36.4. The molecule has 0 fully saturated rings. The summed E-state index contributed by atoms with van der Waals surface area (Å²) in [6.45, 7) is 11.3. The monoisotopic (exact) mass is 687 g/mol. The van der Waals surface area contributed by atoms with Crippen molar-refractivity contribution in [1.82, 2.24) is 0 Å². The lowest BCUT2D eigenvalue weighted by Gasteiger charge is -2.18. The Labute approximate surface area is 307 Å². The fourth-order valence-corrected chi connectivity index (χ4v) is 6.90. The first kappa shape index (κ1) is 45.6. The maximum atomic E-state index is 6.47. The van der Waals surface area contributed by atoms with Gasteiger partial charge < -0.3 is 14.2 Å². The molecule has 0 unspecified atom stereocenters. The van der Waals surface area contributed by atoms with E-state index in [1.54, 1.807) is 0 Å². The maximum absolute atomic E-state index is 6.47. The number of unbranched alkanes of at least 4 members (excludes halogenated alkanes) is 30. The van der Waals surface area contributed by atoms with Crippen molar-refractivity contribution < 1.29 is 14.2 Å². The van der Waals surface area contributed by atoms with Crippen LogP contribution >= 0.6 is 0 Å². The zero-order valence-corrected chi connectivity index (χ0v) is 33.8. The van der Waals surface area contributed by atoms with Gasteiger partial charge in [-0.05, 0) is 43.9 Å². The largest absolute Gasteiger partial charge is 0.490 e. The van der Waals surface area contributed by atoms with Gasteiger partial charge in [-0.15, -0.1) is 0 Å². The zero-order chi connectivity index (χ0) is 35.3. The lowest BCUT2D eigenvalue weighted by molar-refractivity contribution is 0.234. The summed E-state index contributed by atoms with van der Waals surface area (Å²) < 4.78 is 19.3. The van der Waals surface area contributed by atoms with Crippen molar-refractivity contribution in [3.8, 4) is 17.2 Å². The molecule has 3 nitrogen and oxygen atoms in total. The van der Waals surface area contributed by atoms with Crippen LogP contribution in [0.4, 0.5) is 0 Å². The number of ether oxygens (including phenoxy) is 3. The number of hydrogen-bond donors (Lipinski definition) is 0. The van der Waals surface area contributed by atoms with Crippen molar-refractivity contribution in [1.29, 1.82) is 0 Å². The lowest BCUT2D eigenvalue weighted by atomic mass is 10.1. The lowest BCUT2D eigenvalue weighted by Crippen LogP contribution is -2.06. The van der Waals surface area contributed by atoms with Gasteiger partial charge in [0.1, 0.15) is 0 Å². The first-order valence-corrected chi connectivity index (χ1v) is 22.3. The molecule has 0 N–H and O–H groups in total. The van der Waals surface area contributed by atoms with E-state index >= 15 is 0 Å². The Morgan fingerprint density at radius 1 is 0.306 bits per heavy atom. The third-order valence-corrected chi connectivity index (χ3v) is 10.2. The van der Waals surface area contributed by atoms with E-state index in [2.05, 4.69) is 39.8 Å². The highest BCUT2D eigenvalue weighted by molar-refractivity contribution is 5.53. The van der Waals surface area contributed by atoms with Crippen LogP contribution in [-0.2, 0) is 0 Å². The summed E-state index contributed by atoms with van der Waals surface area (Å²) in [6, 6.07) is 4.31. The third-order valence-electron chi connectivity index (χ3n) is 10.2. The van der Waals surface area contributed by atoms with Crippen LogP contribution < -0.4 is 14.2 Å². The Hall–Kier alpha value is -1.38. The average molecular weight is 687 g/mol. The van der Waals surface area contributed by atoms with Crippen molar-refractivity contribution in [2.75, 3.05) is 19.8 Å². The van der Waals surface area contributed by atoms with E-state index in [4.69, 9.17) is 14.2 Å². The Morgan fingerprint density at radius 3 is 0.796 bits per heavy atom. The van der Waals surface area contributed by atoms with Crippen LogP contribution in [0.1, 0.15) is 238 Å². The molecule has 0 aromatic heterocycles. The van der Waals surface area contributed by atoms with Gasteiger partial charge in [0.15, 0.2) is 11.5 Å². The molecule has 0 amide bonds. The molecule has 1 aromatic carbocycles. The molecule has 0 aliphatic heterocycles. The van der Waals surface area contributed by atoms with E-state index < -0.39 is 0 Å². The van der Waals surface area contributed by atoms with Crippen LogP contribution in [0, 0.1) is 6.92 Å². The Kier molecular flexibility index (Phi) is 33.9. The van der Waals surface area contributed by atoms with E-state index in [9.17, 15) is 0 Å². The molecule has 0 saturated heterocycles. The fourth-order valence-electron chi connectivity index (χ4n) is 6.90. The van der Waals surface area contributed by atoms with Gasteiger partial charge >= 0.3 is 0 Å². The minimum atomic E-state index is 0.740. The van der Waals surface area contributed by atoms with E-state index in [0.29, 0.717) is 0 Å². The number of benzene rings is 1. The minimum Gasteiger partial charge on any atom is -0.490 e. The van der Waals surface area contributed by atoms with Gasteiger partial charge in [0.25, 0.3) is 0 Å². The normalized spacial score (nSPS) is 11.3. The van der Waals surface area contributed by atoms with E-state index in [1.807, 2.05) is 0 Å². The molecule has 288 valence electrons. The molecule has 0 aliphatic rings. The molecule has 0 saturated carbocycles. The van der Waals surface area contributed by atoms with E-state index in [-0.39, 0.29) is 0 Å². The summed E-state index contributed by atoms with van der Waals surface area (Å²) in [7, 11) is 0. The topological polar surface area (TPSA) is 27.7 Å². The van der Waals surface area contributed by atoms with Crippen LogP contribution in [0.3, 0.4) is 0 Å². The molecule has 1 aromatic rings. The van der Waals surface area contributed by atoms with Gasteiger partial charge in [0.05, 0.1) is 19.8 Å². The first-order valence-electron chi connectivity index (χ1n) is 22.3. The Bertz CT molecular complexity index is 757. The van der Waals surface area contributed by atoms with Crippen LogP contribution in [0.5, 0.6) is 17.2 Å². The number of aryl methyl sites for hydroxylation is 1. The van der Waals surface area contributed by atoms with E-state index in [0.717, 1.165) is 56.3 Å². The molecule has 0 aliphatic carbocycles. The highest BCUT2D eigenvalue weighted by Gasteiger charge is 2.15. The maximum Gasteiger partial charge on any atom is 0.203 e. The molecule has 1 rings (SSSR count). The van der Waals surface area contributed by atoms with Crippen molar-refractivity contribution in [2.24, 2.45) is 0 Å². The quantitative estimate of drug-likeness (QED) is 0.0645. The molecular weight excluding hydrogens is 601 g/mol. The SMILES string of the molecule is CCCCCCCCCCCCCOc1cc(C)cc(OCCCCCCCCCCCCC)c1OCCCCCCCCCCCCC. The molecule has 0 heterocycles. The standard InChI is InChI=1S/C46H86O3/c1-5-8-11-14-17-20-23-26-29-32-35-38-47-44-41-43(4)42-45(48-39-36-33-30-27-24-21-18-15-12-9-6-2)46(44)49-40-37-34-31-28-25-22-19-16-13-10-7-3/h41-42H,5-40H2,1-4H3. The average Bonchev–Trinajstić information content (AvgIpc) is 3.10. The van der Waals surface area contributed by atoms with Crippen molar-refractivity contribution in [3.05, 3.63) is 17.7 Å². The van der Waals surface area contributed by atoms with Crippen molar-refractivity contribution in [3.63, 3.8) is 0 Å².